The molecular formula is C21H23F3N6O. The van der Waals surface area contributed by atoms with Crippen LogP contribution in [0.4, 0.5) is 19.1 Å². The summed E-state index contributed by atoms with van der Waals surface area (Å²) in [4.78, 5) is 15.7. The molecule has 4 rings (SSSR count). The molecule has 0 amide bonds. The Kier molecular flexibility index (Phi) is 5.65. The van der Waals surface area contributed by atoms with E-state index in [1.807, 2.05) is 31.1 Å². The Morgan fingerprint density at radius 1 is 1.26 bits per heavy atom. The lowest BCUT2D eigenvalue weighted by Gasteiger charge is -2.32. The van der Waals surface area contributed by atoms with Gasteiger partial charge >= 0.3 is 6.18 Å². The van der Waals surface area contributed by atoms with Crippen LogP contribution in [-0.2, 0) is 18.2 Å². The molecule has 1 unspecified atom stereocenters. The number of hydrogen-bond acceptors (Lipinski definition) is 6. The van der Waals surface area contributed by atoms with Gasteiger partial charge in [-0.3, -0.25) is 4.68 Å². The summed E-state index contributed by atoms with van der Waals surface area (Å²) >= 11 is 0. The maximum atomic E-state index is 12.9. The first-order chi connectivity index (χ1) is 14.7. The maximum Gasteiger partial charge on any atom is 0.412 e. The fourth-order valence-corrected chi connectivity index (χ4v) is 3.54. The number of halogens is 3. The molecule has 1 saturated heterocycles. The largest absolute Gasteiger partial charge is 0.412 e. The molecule has 0 bridgehead atoms. The predicted octanol–water partition coefficient (Wildman–Crippen LogP) is 3.70. The van der Waals surface area contributed by atoms with E-state index in [-0.39, 0.29) is 18.9 Å². The number of hydrogen-bond donors (Lipinski definition) is 0. The first-order valence-corrected chi connectivity index (χ1v) is 9.95. The van der Waals surface area contributed by atoms with Crippen molar-refractivity contribution in [2.45, 2.75) is 32.0 Å². The Morgan fingerprint density at radius 2 is 2.06 bits per heavy atom. The number of aryl methyl sites for hydroxylation is 3. The van der Waals surface area contributed by atoms with Gasteiger partial charge in [0.15, 0.2) is 5.65 Å². The number of nitrogens with zero attached hydrogens (tertiary/aromatic N) is 6. The smallest absolute Gasteiger partial charge is 0.370 e. The number of fused-ring (bicyclic) bond motifs is 1. The molecule has 3 aromatic rings. The SMILES string of the molecule is C=C(CCc1nc(N2CCOC(c3cnn(C)c3)C2)nc2nc(C)ccc12)C(F)(F)F. The van der Waals surface area contributed by atoms with E-state index in [0.717, 1.165) is 11.3 Å². The van der Waals surface area contributed by atoms with Gasteiger partial charge in [0, 0.05) is 42.0 Å². The van der Waals surface area contributed by atoms with Crippen molar-refractivity contribution in [2.75, 3.05) is 24.6 Å². The van der Waals surface area contributed by atoms with Gasteiger partial charge in [-0.15, -0.1) is 0 Å². The van der Waals surface area contributed by atoms with Crippen molar-refractivity contribution in [3.63, 3.8) is 0 Å². The fraction of sp³-hybridized carbons (Fsp3) is 0.429. The second-order valence-corrected chi connectivity index (χ2v) is 7.65. The highest BCUT2D eigenvalue weighted by Gasteiger charge is 2.31. The quantitative estimate of drug-likeness (QED) is 0.573. The Balaban J connectivity index is 1.64. The molecule has 4 heterocycles. The third-order valence-corrected chi connectivity index (χ3v) is 5.28. The number of anilines is 1. The molecule has 1 atom stereocenters. The van der Waals surface area contributed by atoms with Crippen molar-refractivity contribution in [1.29, 1.82) is 0 Å². The minimum Gasteiger partial charge on any atom is -0.370 e. The minimum atomic E-state index is -4.42. The Morgan fingerprint density at radius 3 is 2.77 bits per heavy atom. The lowest BCUT2D eigenvalue weighted by molar-refractivity contribution is -0.0935. The fourth-order valence-electron chi connectivity index (χ4n) is 3.54. The van der Waals surface area contributed by atoms with Gasteiger partial charge in [0.2, 0.25) is 5.95 Å². The maximum absolute atomic E-state index is 12.9. The van der Waals surface area contributed by atoms with Crippen LogP contribution in [0.3, 0.4) is 0 Å². The molecule has 0 saturated carbocycles. The third kappa shape index (κ3) is 4.68. The third-order valence-electron chi connectivity index (χ3n) is 5.28. The van der Waals surface area contributed by atoms with Crippen molar-refractivity contribution < 1.29 is 17.9 Å². The van der Waals surface area contributed by atoms with Crippen LogP contribution in [0.5, 0.6) is 0 Å². The van der Waals surface area contributed by atoms with E-state index < -0.39 is 11.7 Å². The highest BCUT2D eigenvalue weighted by molar-refractivity contribution is 5.78. The van der Waals surface area contributed by atoms with E-state index in [2.05, 4.69) is 26.6 Å². The summed E-state index contributed by atoms with van der Waals surface area (Å²) in [5.74, 6) is 0.440. The van der Waals surface area contributed by atoms with Crippen LogP contribution in [0.2, 0.25) is 0 Å². The molecule has 0 radical (unpaired) electrons. The molecule has 164 valence electrons. The second-order valence-electron chi connectivity index (χ2n) is 7.65. The molecule has 0 aliphatic carbocycles. The van der Waals surface area contributed by atoms with E-state index in [1.54, 1.807) is 16.9 Å². The van der Waals surface area contributed by atoms with Crippen molar-refractivity contribution in [2.24, 2.45) is 7.05 Å². The molecule has 1 aliphatic rings. The molecule has 0 N–H and O–H groups in total. The summed E-state index contributed by atoms with van der Waals surface area (Å²) in [7, 11) is 1.84. The van der Waals surface area contributed by atoms with Crippen LogP contribution in [0.25, 0.3) is 11.0 Å². The average Bonchev–Trinajstić information content (AvgIpc) is 3.17. The summed E-state index contributed by atoms with van der Waals surface area (Å²) < 4.78 is 46.4. The zero-order valence-electron chi connectivity index (χ0n) is 17.4. The van der Waals surface area contributed by atoms with Gasteiger partial charge in [-0.05, 0) is 31.9 Å². The van der Waals surface area contributed by atoms with Crippen LogP contribution in [0.1, 0.15) is 29.5 Å². The van der Waals surface area contributed by atoms with Crippen LogP contribution in [-0.4, -0.2) is 50.6 Å². The van der Waals surface area contributed by atoms with Crippen molar-refractivity contribution in [3.05, 3.63) is 53.6 Å². The van der Waals surface area contributed by atoms with Gasteiger partial charge in [-0.25, -0.2) is 9.97 Å². The molecule has 0 spiro atoms. The zero-order chi connectivity index (χ0) is 22.2. The highest BCUT2D eigenvalue weighted by atomic mass is 19.4. The van der Waals surface area contributed by atoms with Gasteiger partial charge in [0.25, 0.3) is 0 Å². The van der Waals surface area contributed by atoms with Crippen LogP contribution >= 0.6 is 0 Å². The Bertz CT molecular complexity index is 1110. The molecule has 1 fully saturated rings. The van der Waals surface area contributed by atoms with Gasteiger partial charge in [0.1, 0.15) is 6.10 Å². The molecule has 0 aromatic carbocycles. The zero-order valence-corrected chi connectivity index (χ0v) is 17.4. The number of aromatic nitrogens is 5. The van der Waals surface area contributed by atoms with E-state index in [1.165, 1.54) is 0 Å². The number of allylic oxidation sites excluding steroid dienone is 1. The lowest BCUT2D eigenvalue weighted by Crippen LogP contribution is -2.39. The Labute approximate surface area is 177 Å². The monoisotopic (exact) mass is 432 g/mol. The number of pyridine rings is 1. The van der Waals surface area contributed by atoms with Gasteiger partial charge in [0.05, 0.1) is 25.0 Å². The van der Waals surface area contributed by atoms with Crippen molar-refractivity contribution in [3.8, 4) is 0 Å². The van der Waals surface area contributed by atoms with Crippen LogP contribution < -0.4 is 4.90 Å². The molecule has 1 aliphatic heterocycles. The topological polar surface area (TPSA) is 69.0 Å². The summed E-state index contributed by atoms with van der Waals surface area (Å²) in [6.07, 6.45) is -1.08. The first kappa shape index (κ1) is 21.2. The molecule has 31 heavy (non-hydrogen) atoms. The standard InChI is InChI=1S/C21H23F3N6O/c1-13(21(22,23)24)4-7-17-16-6-5-14(2)26-19(16)28-20(27-17)30-8-9-31-18(12-30)15-10-25-29(3)11-15/h5-6,10-11,18H,1,4,7-9,12H2,2-3H3. The number of alkyl halides is 3. The summed E-state index contributed by atoms with van der Waals surface area (Å²) in [5.41, 5.74) is 1.95. The van der Waals surface area contributed by atoms with Crippen molar-refractivity contribution in [1.82, 2.24) is 24.7 Å². The summed E-state index contributed by atoms with van der Waals surface area (Å²) in [6.45, 7) is 6.58. The van der Waals surface area contributed by atoms with Crippen LogP contribution in [0, 0.1) is 6.92 Å². The van der Waals surface area contributed by atoms with Crippen molar-refractivity contribution >= 4 is 17.0 Å². The highest BCUT2D eigenvalue weighted by Crippen LogP contribution is 2.30. The molecular weight excluding hydrogens is 409 g/mol. The lowest BCUT2D eigenvalue weighted by atomic mass is 10.1. The van der Waals surface area contributed by atoms with E-state index in [9.17, 15) is 13.2 Å². The predicted molar refractivity (Wildman–Crippen MR) is 110 cm³/mol. The number of rotatable bonds is 5. The van der Waals surface area contributed by atoms with Gasteiger partial charge < -0.3 is 9.64 Å². The van der Waals surface area contributed by atoms with Gasteiger partial charge in [-0.2, -0.15) is 23.3 Å². The van der Waals surface area contributed by atoms with Gasteiger partial charge in [-0.1, -0.05) is 6.58 Å². The molecule has 10 heteroatoms. The van der Waals surface area contributed by atoms with E-state index >= 15 is 0 Å². The average molecular weight is 432 g/mol. The number of morpholine rings is 1. The normalized spacial score (nSPS) is 17.3. The van der Waals surface area contributed by atoms with Crippen LogP contribution in [0.15, 0.2) is 36.7 Å². The summed E-state index contributed by atoms with van der Waals surface area (Å²) in [6, 6.07) is 3.62. The number of ether oxygens (including phenoxy) is 1. The molecule has 7 nitrogen and oxygen atoms in total. The summed E-state index contributed by atoms with van der Waals surface area (Å²) in [5, 5.41) is 4.85. The minimum absolute atomic E-state index is 0.103. The second kappa shape index (κ2) is 8.26. The van der Waals surface area contributed by atoms with E-state index in [0.29, 0.717) is 42.4 Å². The van der Waals surface area contributed by atoms with E-state index in [4.69, 9.17) is 4.74 Å². The first-order valence-electron chi connectivity index (χ1n) is 9.95. The Hall–Kier alpha value is -3.01. The molecule has 3 aromatic heterocycles.